The van der Waals surface area contributed by atoms with E-state index in [1.54, 1.807) is 6.07 Å². The van der Waals surface area contributed by atoms with Crippen molar-refractivity contribution >= 4 is 17.7 Å². The molecular formula is C18H28ClN3O3. The maximum atomic E-state index is 12.4. The average Bonchev–Trinajstić information content (AvgIpc) is 2.49. The summed E-state index contributed by atoms with van der Waals surface area (Å²) in [5.41, 5.74) is 0.310. The van der Waals surface area contributed by atoms with Crippen molar-refractivity contribution in [1.82, 2.24) is 14.9 Å². The first-order valence-corrected chi connectivity index (χ1v) is 9.26. The predicted molar refractivity (Wildman–Crippen MR) is 97.1 cm³/mol. The van der Waals surface area contributed by atoms with Crippen LogP contribution in [-0.4, -0.2) is 45.8 Å². The molecule has 1 aliphatic rings. The van der Waals surface area contributed by atoms with Gasteiger partial charge in [0.05, 0.1) is 6.61 Å². The minimum absolute atomic E-state index is 0.193. The van der Waals surface area contributed by atoms with E-state index in [9.17, 15) is 4.79 Å². The quantitative estimate of drug-likeness (QED) is 0.569. The molecule has 1 aromatic heterocycles. The Balaban J connectivity index is 1.82. The number of carbonyl (C=O) groups is 1. The van der Waals surface area contributed by atoms with Crippen molar-refractivity contribution in [2.45, 2.75) is 71.4 Å². The summed E-state index contributed by atoms with van der Waals surface area (Å²) >= 11 is 5.83. The Labute approximate surface area is 154 Å². The lowest BCUT2D eigenvalue weighted by Crippen LogP contribution is -2.46. The second-order valence-corrected chi connectivity index (χ2v) is 7.77. The van der Waals surface area contributed by atoms with Gasteiger partial charge in [0.1, 0.15) is 5.60 Å². The molecule has 1 fully saturated rings. The van der Waals surface area contributed by atoms with Crippen molar-refractivity contribution in [3.05, 3.63) is 17.0 Å². The summed E-state index contributed by atoms with van der Waals surface area (Å²) in [6.45, 7) is 8.83. The van der Waals surface area contributed by atoms with Gasteiger partial charge in [0.15, 0.2) is 0 Å². The van der Waals surface area contributed by atoms with E-state index in [1.807, 2.05) is 32.6 Å². The van der Waals surface area contributed by atoms with E-state index in [0.717, 1.165) is 44.3 Å². The number of halogens is 1. The molecule has 6 nitrogen and oxygen atoms in total. The first-order chi connectivity index (χ1) is 11.7. The molecule has 0 spiro atoms. The minimum atomic E-state index is -0.466. The zero-order valence-corrected chi connectivity index (χ0v) is 16.3. The highest BCUT2D eigenvalue weighted by molar-refractivity contribution is 6.28. The SMILES string of the molecule is Cc1cc(OCCC[C@H]2CCCCN2C(=O)OC(C)(C)C)nc(Cl)n1. The number of piperidine rings is 1. The molecular weight excluding hydrogens is 342 g/mol. The molecule has 0 aliphatic carbocycles. The number of aryl methyl sites for hydroxylation is 1. The number of likely N-dealkylation sites (tertiary alicyclic amines) is 1. The molecule has 140 valence electrons. The van der Waals surface area contributed by atoms with E-state index in [1.165, 1.54) is 0 Å². The van der Waals surface area contributed by atoms with Crippen molar-refractivity contribution < 1.29 is 14.3 Å². The van der Waals surface area contributed by atoms with Crippen LogP contribution in [0.4, 0.5) is 4.79 Å². The van der Waals surface area contributed by atoms with Gasteiger partial charge in [-0.05, 0) is 71.4 Å². The van der Waals surface area contributed by atoms with Gasteiger partial charge in [-0.1, -0.05) is 0 Å². The maximum Gasteiger partial charge on any atom is 0.410 e. The lowest BCUT2D eigenvalue weighted by atomic mass is 9.98. The van der Waals surface area contributed by atoms with Crippen LogP contribution in [0.25, 0.3) is 0 Å². The monoisotopic (exact) mass is 369 g/mol. The van der Waals surface area contributed by atoms with Crippen LogP contribution in [0, 0.1) is 6.92 Å². The Hall–Kier alpha value is -1.56. The van der Waals surface area contributed by atoms with Crippen molar-refractivity contribution in [1.29, 1.82) is 0 Å². The van der Waals surface area contributed by atoms with Gasteiger partial charge >= 0.3 is 6.09 Å². The van der Waals surface area contributed by atoms with Crippen molar-refractivity contribution in [2.24, 2.45) is 0 Å². The smallest absolute Gasteiger partial charge is 0.410 e. The van der Waals surface area contributed by atoms with Gasteiger partial charge in [0, 0.05) is 24.3 Å². The molecule has 0 saturated carbocycles. The predicted octanol–water partition coefficient (Wildman–Crippen LogP) is 4.39. The van der Waals surface area contributed by atoms with Crippen LogP contribution < -0.4 is 4.74 Å². The maximum absolute atomic E-state index is 12.4. The Bertz CT molecular complexity index is 569. The number of ether oxygens (including phenoxy) is 2. The summed E-state index contributed by atoms with van der Waals surface area (Å²) in [6.07, 6.45) is 4.70. The van der Waals surface area contributed by atoms with Gasteiger partial charge in [-0.3, -0.25) is 0 Å². The molecule has 7 heteroatoms. The van der Waals surface area contributed by atoms with Crippen molar-refractivity contribution in [2.75, 3.05) is 13.2 Å². The fourth-order valence-electron chi connectivity index (χ4n) is 2.94. The molecule has 1 aromatic rings. The molecule has 1 saturated heterocycles. The van der Waals surface area contributed by atoms with Crippen LogP contribution in [0.3, 0.4) is 0 Å². The molecule has 2 rings (SSSR count). The number of nitrogens with zero attached hydrogens (tertiary/aromatic N) is 3. The van der Waals surface area contributed by atoms with Crippen LogP contribution in [0.15, 0.2) is 6.07 Å². The number of rotatable bonds is 5. The fraction of sp³-hybridized carbons (Fsp3) is 0.722. The summed E-state index contributed by atoms with van der Waals surface area (Å²) in [4.78, 5) is 22.3. The minimum Gasteiger partial charge on any atom is -0.478 e. The third-order valence-corrected chi connectivity index (χ3v) is 4.16. The second-order valence-electron chi connectivity index (χ2n) is 7.43. The zero-order chi connectivity index (χ0) is 18.4. The Morgan fingerprint density at radius 3 is 2.80 bits per heavy atom. The standard InChI is InChI=1S/C18H28ClN3O3/c1-13-12-15(21-16(19)20-13)24-11-7-9-14-8-5-6-10-22(14)17(23)25-18(2,3)4/h12,14H,5-11H2,1-4H3/t14-/m1/s1. The summed E-state index contributed by atoms with van der Waals surface area (Å²) in [5, 5.41) is 0.193. The number of amides is 1. The summed E-state index contributed by atoms with van der Waals surface area (Å²) in [7, 11) is 0. The van der Waals surface area contributed by atoms with E-state index < -0.39 is 5.60 Å². The largest absolute Gasteiger partial charge is 0.478 e. The first-order valence-electron chi connectivity index (χ1n) is 8.88. The fourth-order valence-corrected chi connectivity index (χ4v) is 3.15. The highest BCUT2D eigenvalue weighted by Crippen LogP contribution is 2.23. The Kier molecular flexibility index (Phi) is 6.87. The first kappa shape index (κ1) is 19.8. The highest BCUT2D eigenvalue weighted by Gasteiger charge is 2.30. The van der Waals surface area contributed by atoms with Gasteiger partial charge < -0.3 is 14.4 Å². The number of hydrogen-bond donors (Lipinski definition) is 0. The second kappa shape index (κ2) is 8.70. The van der Waals surface area contributed by atoms with Crippen LogP contribution in [0.5, 0.6) is 5.88 Å². The zero-order valence-electron chi connectivity index (χ0n) is 15.5. The lowest BCUT2D eigenvalue weighted by Gasteiger charge is -2.36. The average molecular weight is 370 g/mol. The Morgan fingerprint density at radius 2 is 2.12 bits per heavy atom. The number of carbonyl (C=O) groups excluding carboxylic acids is 1. The molecule has 25 heavy (non-hydrogen) atoms. The van der Waals surface area contributed by atoms with Crippen molar-refractivity contribution in [3.8, 4) is 5.88 Å². The summed E-state index contributed by atoms with van der Waals surface area (Å²) < 4.78 is 11.2. The molecule has 0 radical (unpaired) electrons. The third kappa shape index (κ3) is 6.69. The topological polar surface area (TPSA) is 64.5 Å². The highest BCUT2D eigenvalue weighted by atomic mass is 35.5. The van der Waals surface area contributed by atoms with Gasteiger partial charge in [0.25, 0.3) is 0 Å². The third-order valence-electron chi connectivity index (χ3n) is 3.99. The Morgan fingerprint density at radius 1 is 1.36 bits per heavy atom. The van der Waals surface area contributed by atoms with Gasteiger partial charge in [-0.25, -0.2) is 9.78 Å². The summed E-state index contributed by atoms with van der Waals surface area (Å²) in [6, 6.07) is 1.97. The molecule has 0 unspecified atom stereocenters. The molecule has 1 atom stereocenters. The molecule has 0 aromatic carbocycles. The van der Waals surface area contributed by atoms with E-state index >= 15 is 0 Å². The van der Waals surface area contributed by atoms with Gasteiger partial charge in [-0.2, -0.15) is 4.98 Å². The van der Waals surface area contributed by atoms with E-state index in [-0.39, 0.29) is 17.4 Å². The molecule has 1 aliphatic heterocycles. The van der Waals surface area contributed by atoms with Gasteiger partial charge in [-0.15, -0.1) is 0 Å². The molecule has 0 bridgehead atoms. The lowest BCUT2D eigenvalue weighted by molar-refractivity contribution is 0.00822. The molecule has 2 heterocycles. The summed E-state index contributed by atoms with van der Waals surface area (Å²) in [5.74, 6) is 0.491. The van der Waals surface area contributed by atoms with E-state index in [0.29, 0.717) is 12.5 Å². The van der Waals surface area contributed by atoms with Crippen LogP contribution in [-0.2, 0) is 4.74 Å². The van der Waals surface area contributed by atoms with Crippen LogP contribution in [0.1, 0.15) is 58.6 Å². The van der Waals surface area contributed by atoms with Gasteiger partial charge in [0.2, 0.25) is 11.2 Å². The van der Waals surface area contributed by atoms with Crippen molar-refractivity contribution in [3.63, 3.8) is 0 Å². The van der Waals surface area contributed by atoms with Crippen LogP contribution in [0.2, 0.25) is 5.28 Å². The number of hydrogen-bond acceptors (Lipinski definition) is 5. The molecule has 0 N–H and O–H groups in total. The van der Waals surface area contributed by atoms with Crippen LogP contribution >= 0.6 is 11.6 Å². The normalized spacial score (nSPS) is 18.1. The van der Waals surface area contributed by atoms with E-state index in [2.05, 4.69) is 9.97 Å². The van der Waals surface area contributed by atoms with E-state index in [4.69, 9.17) is 21.1 Å². The molecule has 1 amide bonds. The number of aromatic nitrogens is 2.